The highest BCUT2D eigenvalue weighted by Gasteiger charge is 2.31. The van der Waals surface area contributed by atoms with Crippen molar-refractivity contribution in [3.63, 3.8) is 0 Å². The lowest BCUT2D eigenvalue weighted by atomic mass is 10.0. The molecule has 0 unspecified atom stereocenters. The zero-order valence-electron chi connectivity index (χ0n) is 12.7. The minimum Gasteiger partial charge on any atom is -0.305 e. The Balaban J connectivity index is 2.51. The lowest BCUT2D eigenvalue weighted by Crippen LogP contribution is -2.19. The summed E-state index contributed by atoms with van der Waals surface area (Å²) in [4.78, 5) is 12.7. The SMILES string of the molecule is CCOP(=O)(OCC)c1ccccc1C(=O)c1ccccc1. The van der Waals surface area contributed by atoms with Crippen molar-refractivity contribution < 1.29 is 18.4 Å². The maximum absolute atomic E-state index is 13.0. The molecule has 0 aliphatic carbocycles. The summed E-state index contributed by atoms with van der Waals surface area (Å²) in [6, 6.07) is 15.6. The van der Waals surface area contributed by atoms with E-state index in [1.165, 1.54) is 0 Å². The highest BCUT2D eigenvalue weighted by atomic mass is 31.2. The second-order valence-electron chi connectivity index (χ2n) is 4.55. The first-order chi connectivity index (χ1) is 10.6. The summed E-state index contributed by atoms with van der Waals surface area (Å²) in [5.41, 5.74) is 0.883. The van der Waals surface area contributed by atoms with Crippen LogP contribution < -0.4 is 5.30 Å². The molecule has 0 aliphatic heterocycles. The van der Waals surface area contributed by atoms with Crippen molar-refractivity contribution in [3.05, 3.63) is 65.7 Å². The number of carbonyl (C=O) groups excluding carboxylic acids is 1. The molecule has 0 fully saturated rings. The van der Waals surface area contributed by atoms with E-state index in [0.29, 0.717) is 16.4 Å². The van der Waals surface area contributed by atoms with Crippen molar-refractivity contribution in [2.75, 3.05) is 13.2 Å². The Hall–Kier alpha value is -1.74. The number of ketones is 1. The minimum atomic E-state index is -3.50. The summed E-state index contributed by atoms with van der Waals surface area (Å²) in [6.07, 6.45) is 0. The molecular formula is C17H19O4P. The van der Waals surface area contributed by atoms with Crippen LogP contribution in [-0.4, -0.2) is 19.0 Å². The van der Waals surface area contributed by atoms with Gasteiger partial charge in [-0.25, -0.2) is 0 Å². The van der Waals surface area contributed by atoms with Crippen LogP contribution in [0.2, 0.25) is 0 Å². The van der Waals surface area contributed by atoms with Gasteiger partial charge in [-0.3, -0.25) is 9.36 Å². The fourth-order valence-corrected chi connectivity index (χ4v) is 3.94. The summed E-state index contributed by atoms with van der Waals surface area (Å²) in [6.45, 7) is 3.97. The molecule has 0 aromatic heterocycles. The predicted molar refractivity (Wildman–Crippen MR) is 86.8 cm³/mol. The molecule has 0 bridgehead atoms. The van der Waals surface area contributed by atoms with Crippen LogP contribution in [0.25, 0.3) is 0 Å². The number of hydrogen-bond acceptors (Lipinski definition) is 4. The molecule has 0 saturated heterocycles. The summed E-state index contributed by atoms with van der Waals surface area (Å²) < 4.78 is 23.7. The van der Waals surface area contributed by atoms with Crippen molar-refractivity contribution in [2.45, 2.75) is 13.8 Å². The molecule has 0 saturated carbocycles. The fourth-order valence-electron chi connectivity index (χ4n) is 2.17. The molecule has 0 N–H and O–H groups in total. The van der Waals surface area contributed by atoms with E-state index in [9.17, 15) is 9.36 Å². The van der Waals surface area contributed by atoms with Crippen LogP contribution in [0.15, 0.2) is 54.6 Å². The monoisotopic (exact) mass is 318 g/mol. The highest BCUT2D eigenvalue weighted by molar-refractivity contribution is 7.62. The third-order valence-electron chi connectivity index (χ3n) is 3.08. The molecule has 4 nitrogen and oxygen atoms in total. The molecule has 2 rings (SSSR count). The van der Waals surface area contributed by atoms with Crippen molar-refractivity contribution >= 4 is 18.7 Å². The van der Waals surface area contributed by atoms with Gasteiger partial charge in [-0.15, -0.1) is 0 Å². The standard InChI is InChI=1S/C17H19O4P/c1-3-20-22(19,21-4-2)16-13-9-8-12-15(16)17(18)14-10-6-5-7-11-14/h5-13H,3-4H2,1-2H3. The van der Waals surface area contributed by atoms with E-state index in [0.717, 1.165) is 0 Å². The van der Waals surface area contributed by atoms with E-state index in [4.69, 9.17) is 9.05 Å². The molecule has 0 radical (unpaired) electrons. The maximum atomic E-state index is 13.0. The molecule has 2 aromatic rings. The summed E-state index contributed by atoms with van der Waals surface area (Å²) >= 11 is 0. The average molecular weight is 318 g/mol. The van der Waals surface area contributed by atoms with Crippen molar-refractivity contribution in [1.29, 1.82) is 0 Å². The minimum absolute atomic E-state index is 0.198. The Morgan fingerprint density at radius 2 is 1.45 bits per heavy atom. The molecule has 0 aliphatic rings. The zero-order valence-corrected chi connectivity index (χ0v) is 13.6. The van der Waals surface area contributed by atoms with Crippen LogP contribution >= 0.6 is 7.60 Å². The van der Waals surface area contributed by atoms with Gasteiger partial charge in [0.1, 0.15) is 0 Å². The van der Waals surface area contributed by atoms with Crippen molar-refractivity contribution in [1.82, 2.24) is 0 Å². The number of hydrogen-bond donors (Lipinski definition) is 0. The summed E-state index contributed by atoms with van der Waals surface area (Å²) in [5, 5.41) is 0.313. The maximum Gasteiger partial charge on any atom is 0.362 e. The summed E-state index contributed by atoms with van der Waals surface area (Å²) in [7, 11) is -3.50. The van der Waals surface area contributed by atoms with E-state index in [1.807, 2.05) is 6.07 Å². The van der Waals surface area contributed by atoms with E-state index < -0.39 is 7.60 Å². The Morgan fingerprint density at radius 3 is 2.05 bits per heavy atom. The Bertz CT molecular complexity index is 672. The first kappa shape index (κ1) is 16.6. The molecule has 2 aromatic carbocycles. The highest BCUT2D eigenvalue weighted by Crippen LogP contribution is 2.47. The Kier molecular flexibility index (Phi) is 5.67. The normalized spacial score (nSPS) is 11.4. The molecule has 5 heteroatoms. The van der Waals surface area contributed by atoms with Crippen LogP contribution in [0.4, 0.5) is 0 Å². The molecular weight excluding hydrogens is 299 g/mol. The summed E-state index contributed by atoms with van der Waals surface area (Å²) in [5.74, 6) is -0.198. The number of benzene rings is 2. The van der Waals surface area contributed by atoms with Crippen LogP contribution in [-0.2, 0) is 13.6 Å². The van der Waals surface area contributed by atoms with Gasteiger partial charge in [-0.1, -0.05) is 48.5 Å². The van der Waals surface area contributed by atoms with Gasteiger partial charge < -0.3 is 9.05 Å². The molecule has 0 spiro atoms. The third kappa shape index (κ3) is 3.53. The first-order valence-electron chi connectivity index (χ1n) is 7.21. The predicted octanol–water partition coefficient (Wildman–Crippen LogP) is 3.81. The largest absolute Gasteiger partial charge is 0.362 e. The van der Waals surface area contributed by atoms with Gasteiger partial charge in [0.05, 0.1) is 18.5 Å². The van der Waals surface area contributed by atoms with Crippen LogP contribution in [0, 0.1) is 0 Å². The van der Waals surface area contributed by atoms with Gasteiger partial charge >= 0.3 is 7.60 Å². The molecule has 22 heavy (non-hydrogen) atoms. The zero-order chi connectivity index (χ0) is 16.0. The van der Waals surface area contributed by atoms with Crippen molar-refractivity contribution in [3.8, 4) is 0 Å². The molecule has 116 valence electrons. The second kappa shape index (κ2) is 7.50. The van der Waals surface area contributed by atoms with Crippen LogP contribution in [0.3, 0.4) is 0 Å². The van der Waals surface area contributed by atoms with Gasteiger partial charge in [0.15, 0.2) is 5.78 Å². The number of rotatable bonds is 7. The van der Waals surface area contributed by atoms with E-state index >= 15 is 0 Å². The van der Waals surface area contributed by atoms with Gasteiger partial charge in [-0.2, -0.15) is 0 Å². The molecule has 0 amide bonds. The molecule has 0 atom stereocenters. The topological polar surface area (TPSA) is 52.6 Å². The van der Waals surface area contributed by atoms with Gasteiger partial charge in [-0.05, 0) is 19.9 Å². The molecule has 0 heterocycles. The lowest BCUT2D eigenvalue weighted by Gasteiger charge is -2.19. The Labute approximate surface area is 130 Å². The first-order valence-corrected chi connectivity index (χ1v) is 8.75. The van der Waals surface area contributed by atoms with Gasteiger partial charge in [0, 0.05) is 11.1 Å². The van der Waals surface area contributed by atoms with Gasteiger partial charge in [0.25, 0.3) is 0 Å². The van der Waals surface area contributed by atoms with E-state index in [-0.39, 0.29) is 19.0 Å². The van der Waals surface area contributed by atoms with E-state index in [1.54, 1.807) is 62.4 Å². The average Bonchev–Trinajstić information content (AvgIpc) is 2.55. The fraction of sp³-hybridized carbons (Fsp3) is 0.235. The van der Waals surface area contributed by atoms with Crippen LogP contribution in [0.5, 0.6) is 0 Å². The quantitative estimate of drug-likeness (QED) is 0.575. The van der Waals surface area contributed by atoms with Crippen molar-refractivity contribution in [2.24, 2.45) is 0 Å². The van der Waals surface area contributed by atoms with Crippen LogP contribution in [0.1, 0.15) is 29.8 Å². The second-order valence-corrected chi connectivity index (χ2v) is 6.54. The third-order valence-corrected chi connectivity index (χ3v) is 5.25. The van der Waals surface area contributed by atoms with Gasteiger partial charge in [0.2, 0.25) is 0 Å². The lowest BCUT2D eigenvalue weighted by molar-refractivity contribution is 0.103. The number of carbonyl (C=O) groups is 1. The smallest absolute Gasteiger partial charge is 0.305 e. The Morgan fingerprint density at radius 1 is 0.909 bits per heavy atom. The van der Waals surface area contributed by atoms with E-state index in [2.05, 4.69) is 0 Å².